The lowest BCUT2D eigenvalue weighted by molar-refractivity contribution is -0.0376. The molecule has 82 valence electrons. The van der Waals surface area contributed by atoms with Crippen LogP contribution in [-0.4, -0.2) is 35.7 Å². The minimum atomic E-state index is -0.366. The highest BCUT2D eigenvalue weighted by Gasteiger charge is 2.40. The van der Waals surface area contributed by atoms with Gasteiger partial charge in [0.2, 0.25) is 0 Å². The maximum Gasteiger partial charge on any atom is 0.0620 e. The third-order valence-electron chi connectivity index (χ3n) is 4.44. The zero-order valence-corrected chi connectivity index (χ0v) is 9.55. The van der Waals surface area contributed by atoms with Gasteiger partial charge in [-0.25, -0.2) is 0 Å². The molecular formula is C12H23NO. The summed E-state index contributed by atoms with van der Waals surface area (Å²) in [4.78, 5) is 2.43. The normalized spacial score (nSPS) is 31.9. The van der Waals surface area contributed by atoms with Crippen LogP contribution in [0.25, 0.3) is 0 Å². The first-order valence-electron chi connectivity index (χ1n) is 5.92. The van der Waals surface area contributed by atoms with Crippen LogP contribution >= 0.6 is 0 Å². The van der Waals surface area contributed by atoms with E-state index in [1.165, 1.54) is 38.8 Å². The Labute approximate surface area is 87.3 Å². The summed E-state index contributed by atoms with van der Waals surface area (Å²) in [6.45, 7) is 4.50. The maximum absolute atomic E-state index is 9.93. The Balaban J connectivity index is 1.93. The van der Waals surface area contributed by atoms with E-state index in [1.54, 1.807) is 0 Å². The van der Waals surface area contributed by atoms with E-state index in [1.807, 2.05) is 6.92 Å². The SMILES string of the molecule is CN1CCC2(CC1)CCC(C)(O)CC2. The van der Waals surface area contributed by atoms with Gasteiger partial charge in [-0.2, -0.15) is 0 Å². The molecule has 0 bridgehead atoms. The summed E-state index contributed by atoms with van der Waals surface area (Å²) in [5, 5.41) is 9.93. The van der Waals surface area contributed by atoms with Gasteiger partial charge in [-0.1, -0.05) is 0 Å². The number of hydrogen-bond donors (Lipinski definition) is 1. The molecule has 2 heteroatoms. The second kappa shape index (κ2) is 3.49. The lowest BCUT2D eigenvalue weighted by atomic mass is 9.64. The van der Waals surface area contributed by atoms with E-state index in [9.17, 15) is 5.11 Å². The molecule has 1 aliphatic heterocycles. The number of hydrogen-bond acceptors (Lipinski definition) is 2. The van der Waals surface area contributed by atoms with Crippen LogP contribution in [-0.2, 0) is 0 Å². The molecule has 0 atom stereocenters. The fourth-order valence-corrected chi connectivity index (χ4v) is 2.91. The smallest absolute Gasteiger partial charge is 0.0620 e. The van der Waals surface area contributed by atoms with Gasteiger partial charge in [-0.15, -0.1) is 0 Å². The van der Waals surface area contributed by atoms with Gasteiger partial charge in [0.25, 0.3) is 0 Å². The van der Waals surface area contributed by atoms with Crippen molar-refractivity contribution in [2.75, 3.05) is 20.1 Å². The highest BCUT2D eigenvalue weighted by atomic mass is 16.3. The summed E-state index contributed by atoms with van der Waals surface area (Å²) in [6, 6.07) is 0. The van der Waals surface area contributed by atoms with Gasteiger partial charge >= 0.3 is 0 Å². The Morgan fingerprint density at radius 1 is 0.929 bits per heavy atom. The number of rotatable bonds is 0. The molecule has 2 nitrogen and oxygen atoms in total. The van der Waals surface area contributed by atoms with Crippen molar-refractivity contribution in [1.29, 1.82) is 0 Å². The molecule has 2 rings (SSSR count). The molecule has 2 aliphatic rings. The van der Waals surface area contributed by atoms with Crippen LogP contribution in [0.2, 0.25) is 0 Å². The standard InChI is InChI=1S/C12H23NO/c1-11(14)3-5-12(6-4-11)7-9-13(2)10-8-12/h14H,3-10H2,1-2H3. The number of nitrogens with zero attached hydrogens (tertiary/aromatic N) is 1. The molecule has 0 unspecified atom stereocenters. The summed E-state index contributed by atoms with van der Waals surface area (Å²) in [6.07, 6.45) is 7.20. The molecule has 0 amide bonds. The third kappa shape index (κ3) is 2.12. The summed E-state index contributed by atoms with van der Waals surface area (Å²) in [7, 11) is 2.21. The van der Waals surface area contributed by atoms with E-state index in [0.717, 1.165) is 12.8 Å². The van der Waals surface area contributed by atoms with Crippen LogP contribution in [0.1, 0.15) is 45.4 Å². The topological polar surface area (TPSA) is 23.5 Å². The monoisotopic (exact) mass is 197 g/mol. The first-order valence-corrected chi connectivity index (χ1v) is 5.92. The lowest BCUT2D eigenvalue weighted by Crippen LogP contribution is -2.43. The molecule has 1 N–H and O–H groups in total. The molecular weight excluding hydrogens is 174 g/mol. The third-order valence-corrected chi connectivity index (χ3v) is 4.44. The van der Waals surface area contributed by atoms with E-state index in [2.05, 4.69) is 11.9 Å². The zero-order valence-electron chi connectivity index (χ0n) is 9.55. The Morgan fingerprint density at radius 3 is 1.93 bits per heavy atom. The van der Waals surface area contributed by atoms with Gasteiger partial charge in [0.1, 0.15) is 0 Å². The van der Waals surface area contributed by atoms with Gasteiger partial charge in [0.05, 0.1) is 5.60 Å². The quantitative estimate of drug-likeness (QED) is 0.642. The fourth-order valence-electron chi connectivity index (χ4n) is 2.91. The average molecular weight is 197 g/mol. The second-order valence-electron chi connectivity index (χ2n) is 5.80. The molecule has 1 saturated carbocycles. The molecule has 1 aliphatic carbocycles. The molecule has 14 heavy (non-hydrogen) atoms. The van der Waals surface area contributed by atoms with E-state index in [0.29, 0.717) is 5.41 Å². The minimum absolute atomic E-state index is 0.366. The summed E-state index contributed by atoms with van der Waals surface area (Å²) in [5.74, 6) is 0. The first kappa shape index (κ1) is 10.4. The van der Waals surface area contributed by atoms with Crippen LogP contribution in [0.15, 0.2) is 0 Å². The molecule has 1 heterocycles. The molecule has 0 radical (unpaired) electrons. The second-order valence-corrected chi connectivity index (χ2v) is 5.80. The number of likely N-dealkylation sites (tertiary alicyclic amines) is 1. The van der Waals surface area contributed by atoms with Gasteiger partial charge in [0, 0.05) is 0 Å². The van der Waals surface area contributed by atoms with Crippen molar-refractivity contribution in [2.24, 2.45) is 5.41 Å². The van der Waals surface area contributed by atoms with Gasteiger partial charge < -0.3 is 10.0 Å². The summed E-state index contributed by atoms with van der Waals surface area (Å²) < 4.78 is 0. The number of piperidine rings is 1. The van der Waals surface area contributed by atoms with Crippen LogP contribution in [0.5, 0.6) is 0 Å². The van der Waals surface area contributed by atoms with Crippen LogP contribution in [0.3, 0.4) is 0 Å². The lowest BCUT2D eigenvalue weighted by Gasteiger charge is -2.47. The van der Waals surface area contributed by atoms with E-state index >= 15 is 0 Å². The Bertz CT molecular complexity index is 192. The van der Waals surface area contributed by atoms with Crippen molar-refractivity contribution in [3.05, 3.63) is 0 Å². The highest BCUT2D eigenvalue weighted by molar-refractivity contribution is 4.93. The van der Waals surface area contributed by atoms with Crippen molar-refractivity contribution < 1.29 is 5.11 Å². The Morgan fingerprint density at radius 2 is 1.43 bits per heavy atom. The van der Waals surface area contributed by atoms with Crippen molar-refractivity contribution >= 4 is 0 Å². The highest BCUT2D eigenvalue weighted by Crippen LogP contribution is 2.47. The fraction of sp³-hybridized carbons (Fsp3) is 1.00. The van der Waals surface area contributed by atoms with Crippen molar-refractivity contribution in [3.8, 4) is 0 Å². The Hall–Kier alpha value is -0.0800. The molecule has 0 aromatic heterocycles. The average Bonchev–Trinajstić information content (AvgIpc) is 2.16. The molecule has 0 aromatic rings. The molecule has 0 aromatic carbocycles. The van der Waals surface area contributed by atoms with E-state index < -0.39 is 0 Å². The van der Waals surface area contributed by atoms with Crippen molar-refractivity contribution in [1.82, 2.24) is 4.90 Å². The number of aliphatic hydroxyl groups is 1. The predicted molar refractivity (Wildman–Crippen MR) is 58.3 cm³/mol. The van der Waals surface area contributed by atoms with E-state index in [-0.39, 0.29) is 5.60 Å². The van der Waals surface area contributed by atoms with Crippen LogP contribution < -0.4 is 0 Å². The van der Waals surface area contributed by atoms with E-state index in [4.69, 9.17) is 0 Å². The van der Waals surface area contributed by atoms with Crippen LogP contribution in [0.4, 0.5) is 0 Å². The molecule has 1 saturated heterocycles. The summed E-state index contributed by atoms with van der Waals surface area (Å²) in [5.41, 5.74) is 0.226. The van der Waals surface area contributed by atoms with Crippen LogP contribution in [0, 0.1) is 5.41 Å². The maximum atomic E-state index is 9.93. The first-order chi connectivity index (χ1) is 6.52. The van der Waals surface area contributed by atoms with Gasteiger partial charge in [0.15, 0.2) is 0 Å². The van der Waals surface area contributed by atoms with Gasteiger partial charge in [-0.3, -0.25) is 0 Å². The zero-order chi connectivity index (χ0) is 10.2. The van der Waals surface area contributed by atoms with Gasteiger partial charge in [-0.05, 0) is 71.0 Å². The van der Waals surface area contributed by atoms with Crippen molar-refractivity contribution in [3.63, 3.8) is 0 Å². The summed E-state index contributed by atoms with van der Waals surface area (Å²) >= 11 is 0. The molecule has 1 spiro atoms. The molecule has 2 fully saturated rings. The minimum Gasteiger partial charge on any atom is -0.390 e. The predicted octanol–water partition coefficient (Wildman–Crippen LogP) is 2.02. The van der Waals surface area contributed by atoms with Crippen molar-refractivity contribution in [2.45, 2.75) is 51.0 Å². The largest absolute Gasteiger partial charge is 0.390 e. The Kier molecular flexibility index (Phi) is 2.61.